The van der Waals surface area contributed by atoms with E-state index in [0.29, 0.717) is 29.7 Å². The first-order chi connectivity index (χ1) is 9.65. The number of pyridine rings is 1. The number of nitrogens with zero attached hydrogens (tertiary/aromatic N) is 2. The molecule has 5 heteroatoms. The Bertz CT molecular complexity index is 476. The lowest BCUT2D eigenvalue weighted by atomic mass is 10.1. The van der Waals surface area contributed by atoms with E-state index < -0.39 is 0 Å². The van der Waals surface area contributed by atoms with Crippen molar-refractivity contribution in [2.45, 2.75) is 45.6 Å². The number of rotatable bonds is 3. The Balaban J connectivity index is 2.31. The van der Waals surface area contributed by atoms with E-state index in [9.17, 15) is 4.79 Å². The summed E-state index contributed by atoms with van der Waals surface area (Å²) in [7, 11) is 0. The summed E-state index contributed by atoms with van der Waals surface area (Å²) in [6, 6.07) is 2.02. The fraction of sp³-hybridized carbons (Fsp3) is 0.600. The third-order valence-corrected chi connectivity index (χ3v) is 3.79. The van der Waals surface area contributed by atoms with E-state index in [2.05, 4.69) is 16.8 Å². The number of nitrogens with two attached hydrogens (primary N) is 1. The van der Waals surface area contributed by atoms with Crippen LogP contribution in [0.4, 0.5) is 11.5 Å². The second kappa shape index (κ2) is 6.59. The van der Waals surface area contributed by atoms with E-state index in [0.717, 1.165) is 19.4 Å². The molecule has 110 valence electrons. The van der Waals surface area contributed by atoms with Crippen LogP contribution in [0, 0.1) is 0 Å². The van der Waals surface area contributed by atoms with E-state index in [1.807, 2.05) is 0 Å². The van der Waals surface area contributed by atoms with Gasteiger partial charge in [-0.25, -0.2) is 9.78 Å². The largest absolute Gasteiger partial charge is 0.462 e. The Morgan fingerprint density at radius 3 is 3.05 bits per heavy atom. The maximum absolute atomic E-state index is 11.9. The second-order valence-corrected chi connectivity index (χ2v) is 5.21. The average Bonchev–Trinajstić information content (AvgIpc) is 2.64. The minimum Gasteiger partial charge on any atom is -0.462 e. The molecule has 1 saturated heterocycles. The summed E-state index contributed by atoms with van der Waals surface area (Å²) in [4.78, 5) is 18.5. The summed E-state index contributed by atoms with van der Waals surface area (Å²) < 4.78 is 5.04. The van der Waals surface area contributed by atoms with Gasteiger partial charge in [0, 0.05) is 18.8 Å². The van der Waals surface area contributed by atoms with Crippen molar-refractivity contribution in [2.24, 2.45) is 0 Å². The first-order valence-corrected chi connectivity index (χ1v) is 7.33. The van der Waals surface area contributed by atoms with Gasteiger partial charge in [-0.2, -0.15) is 0 Å². The van der Waals surface area contributed by atoms with E-state index in [-0.39, 0.29) is 5.97 Å². The van der Waals surface area contributed by atoms with Crippen molar-refractivity contribution in [3.63, 3.8) is 0 Å². The van der Waals surface area contributed by atoms with Crippen molar-refractivity contribution < 1.29 is 9.53 Å². The highest BCUT2D eigenvalue weighted by atomic mass is 16.5. The van der Waals surface area contributed by atoms with Crippen molar-refractivity contribution in [1.82, 2.24) is 4.98 Å². The Morgan fingerprint density at radius 2 is 2.30 bits per heavy atom. The van der Waals surface area contributed by atoms with Gasteiger partial charge in [-0.1, -0.05) is 12.8 Å². The lowest BCUT2D eigenvalue weighted by Crippen LogP contribution is -2.34. The van der Waals surface area contributed by atoms with Crippen LogP contribution in [0.25, 0.3) is 0 Å². The van der Waals surface area contributed by atoms with Gasteiger partial charge in [-0.05, 0) is 32.8 Å². The van der Waals surface area contributed by atoms with Crippen molar-refractivity contribution in [3.05, 3.63) is 17.8 Å². The first kappa shape index (κ1) is 14.6. The van der Waals surface area contributed by atoms with Gasteiger partial charge in [0.15, 0.2) is 5.82 Å². The van der Waals surface area contributed by atoms with Gasteiger partial charge in [-0.3, -0.25) is 0 Å². The molecule has 0 bridgehead atoms. The van der Waals surface area contributed by atoms with Crippen molar-refractivity contribution in [3.8, 4) is 0 Å². The van der Waals surface area contributed by atoms with Gasteiger partial charge in [0.05, 0.1) is 17.9 Å². The molecule has 1 aliphatic heterocycles. The molecule has 0 aromatic carbocycles. The van der Waals surface area contributed by atoms with Gasteiger partial charge in [-0.15, -0.1) is 0 Å². The van der Waals surface area contributed by atoms with E-state index in [1.165, 1.54) is 12.8 Å². The molecule has 1 fully saturated rings. The van der Waals surface area contributed by atoms with Gasteiger partial charge in [0.1, 0.15) is 0 Å². The average molecular weight is 277 g/mol. The molecule has 0 amide bonds. The molecule has 0 saturated carbocycles. The third kappa shape index (κ3) is 3.03. The van der Waals surface area contributed by atoms with Crippen LogP contribution in [-0.2, 0) is 4.74 Å². The summed E-state index contributed by atoms with van der Waals surface area (Å²) in [5, 5.41) is 0. The molecule has 0 aliphatic carbocycles. The van der Waals surface area contributed by atoms with Gasteiger partial charge in [0.25, 0.3) is 0 Å². The molecule has 20 heavy (non-hydrogen) atoms. The molecule has 0 radical (unpaired) electrons. The van der Waals surface area contributed by atoms with Crippen molar-refractivity contribution in [2.75, 3.05) is 23.8 Å². The molecule has 1 aromatic rings. The van der Waals surface area contributed by atoms with E-state index >= 15 is 0 Å². The van der Waals surface area contributed by atoms with Crippen LogP contribution in [0.15, 0.2) is 12.3 Å². The van der Waals surface area contributed by atoms with Crippen LogP contribution < -0.4 is 10.6 Å². The number of carbonyl (C=O) groups excluding carboxylic acids is 1. The Kier molecular flexibility index (Phi) is 4.82. The molecule has 1 aromatic heterocycles. The molecule has 2 heterocycles. The number of hydrogen-bond donors (Lipinski definition) is 1. The van der Waals surface area contributed by atoms with Crippen LogP contribution in [0.5, 0.6) is 0 Å². The molecule has 5 nitrogen and oxygen atoms in total. The van der Waals surface area contributed by atoms with Crippen LogP contribution >= 0.6 is 0 Å². The number of nitrogen functional groups attached to an aromatic ring is 1. The SMILES string of the molecule is CCOC(=O)c1ccnc(N2CCCCCC2C)c1N. The Labute approximate surface area is 120 Å². The minimum absolute atomic E-state index is 0.343. The zero-order chi connectivity index (χ0) is 14.5. The summed E-state index contributed by atoms with van der Waals surface area (Å²) in [6.45, 7) is 5.25. The normalized spacial score (nSPS) is 19.5. The highest BCUT2D eigenvalue weighted by Crippen LogP contribution is 2.29. The molecule has 2 rings (SSSR count). The maximum Gasteiger partial charge on any atom is 0.340 e. The highest BCUT2D eigenvalue weighted by Gasteiger charge is 2.23. The Morgan fingerprint density at radius 1 is 1.50 bits per heavy atom. The summed E-state index contributed by atoms with van der Waals surface area (Å²) >= 11 is 0. The lowest BCUT2D eigenvalue weighted by Gasteiger charge is -2.29. The minimum atomic E-state index is -0.379. The van der Waals surface area contributed by atoms with Crippen molar-refractivity contribution >= 4 is 17.5 Å². The molecule has 1 aliphatic rings. The Hall–Kier alpha value is -1.78. The maximum atomic E-state index is 11.9. The third-order valence-electron chi connectivity index (χ3n) is 3.79. The van der Waals surface area contributed by atoms with Gasteiger partial charge < -0.3 is 15.4 Å². The summed E-state index contributed by atoms with van der Waals surface area (Å²) in [6.07, 6.45) is 6.36. The van der Waals surface area contributed by atoms with E-state index in [1.54, 1.807) is 19.2 Å². The predicted molar refractivity (Wildman–Crippen MR) is 79.9 cm³/mol. The fourth-order valence-electron chi connectivity index (χ4n) is 2.67. The summed E-state index contributed by atoms with van der Waals surface area (Å²) in [5.74, 6) is 0.334. The summed E-state index contributed by atoms with van der Waals surface area (Å²) in [5.41, 5.74) is 6.99. The number of anilines is 2. The van der Waals surface area contributed by atoms with Crippen molar-refractivity contribution in [1.29, 1.82) is 0 Å². The standard InChI is InChI=1S/C15H23N3O2/c1-3-20-15(19)12-8-9-17-14(13(12)16)18-10-6-4-5-7-11(18)2/h8-9,11H,3-7,10,16H2,1-2H3. The topological polar surface area (TPSA) is 68.5 Å². The van der Waals surface area contributed by atoms with Gasteiger partial charge >= 0.3 is 5.97 Å². The molecule has 1 atom stereocenters. The molecule has 2 N–H and O–H groups in total. The monoisotopic (exact) mass is 277 g/mol. The van der Waals surface area contributed by atoms with Crippen LogP contribution in [0.3, 0.4) is 0 Å². The fourth-order valence-corrected chi connectivity index (χ4v) is 2.67. The van der Waals surface area contributed by atoms with Crippen LogP contribution in [0.2, 0.25) is 0 Å². The zero-order valence-corrected chi connectivity index (χ0v) is 12.3. The van der Waals surface area contributed by atoms with E-state index in [4.69, 9.17) is 10.5 Å². The number of aromatic nitrogens is 1. The molecular formula is C15H23N3O2. The number of esters is 1. The quantitative estimate of drug-likeness (QED) is 0.860. The highest BCUT2D eigenvalue weighted by molar-refractivity contribution is 5.97. The van der Waals surface area contributed by atoms with Gasteiger partial charge in [0.2, 0.25) is 0 Å². The number of carbonyl (C=O) groups is 1. The van der Waals surface area contributed by atoms with Crippen LogP contribution in [0.1, 0.15) is 49.9 Å². The first-order valence-electron chi connectivity index (χ1n) is 7.33. The molecule has 0 spiro atoms. The molecular weight excluding hydrogens is 254 g/mol. The lowest BCUT2D eigenvalue weighted by molar-refractivity contribution is 0.0527. The number of hydrogen-bond acceptors (Lipinski definition) is 5. The zero-order valence-electron chi connectivity index (χ0n) is 12.3. The van der Waals surface area contributed by atoms with Crippen LogP contribution in [-0.4, -0.2) is 30.1 Å². The second-order valence-electron chi connectivity index (χ2n) is 5.21. The smallest absolute Gasteiger partial charge is 0.340 e. The molecule has 1 unspecified atom stereocenters. The predicted octanol–water partition coefficient (Wildman–Crippen LogP) is 2.61. The number of ether oxygens (including phenoxy) is 1.